The number of hydrogen-bond acceptors (Lipinski definition) is 5. The van der Waals surface area contributed by atoms with Crippen molar-refractivity contribution in [2.24, 2.45) is 5.73 Å². The van der Waals surface area contributed by atoms with Crippen molar-refractivity contribution in [3.63, 3.8) is 0 Å². The van der Waals surface area contributed by atoms with Crippen LogP contribution in [0.4, 0.5) is 5.69 Å². The third-order valence-corrected chi connectivity index (χ3v) is 3.90. The van der Waals surface area contributed by atoms with Gasteiger partial charge in [-0.1, -0.05) is 0 Å². The summed E-state index contributed by atoms with van der Waals surface area (Å²) in [5.74, 6) is 0.144. The summed E-state index contributed by atoms with van der Waals surface area (Å²) >= 11 is 0. The number of anilines is 1. The largest absolute Gasteiger partial charge is 0.489 e. The van der Waals surface area contributed by atoms with Crippen molar-refractivity contribution < 1.29 is 17.9 Å². The molecule has 0 bridgehead atoms. The van der Waals surface area contributed by atoms with E-state index in [0.717, 1.165) is 6.26 Å². The van der Waals surface area contributed by atoms with Gasteiger partial charge in [-0.2, -0.15) is 0 Å². The zero-order valence-corrected chi connectivity index (χ0v) is 10.9. The third-order valence-electron chi connectivity index (χ3n) is 2.79. The van der Waals surface area contributed by atoms with Gasteiger partial charge in [0.05, 0.1) is 10.6 Å². The summed E-state index contributed by atoms with van der Waals surface area (Å²) in [6.07, 6.45) is 1.11. The maximum absolute atomic E-state index is 11.8. The zero-order valence-electron chi connectivity index (χ0n) is 10.1. The summed E-state index contributed by atoms with van der Waals surface area (Å²) in [5, 5.41) is 0. The number of sulfone groups is 1. The normalized spacial score (nSPS) is 20.1. The lowest BCUT2D eigenvalue weighted by atomic mass is 10.2. The molecule has 1 heterocycles. The van der Waals surface area contributed by atoms with Crippen molar-refractivity contribution in [2.45, 2.75) is 10.9 Å². The van der Waals surface area contributed by atoms with E-state index >= 15 is 0 Å². The van der Waals surface area contributed by atoms with E-state index in [1.807, 2.05) is 0 Å². The molecule has 1 aliphatic heterocycles. The van der Waals surface area contributed by atoms with Gasteiger partial charge in [-0.05, 0) is 18.2 Å². The number of carbonyl (C=O) groups excluding carboxylic acids is 1. The van der Waals surface area contributed by atoms with E-state index in [-0.39, 0.29) is 17.4 Å². The second-order valence-corrected chi connectivity index (χ2v) is 6.23. The molecule has 2 N–H and O–H groups in total. The fourth-order valence-corrected chi connectivity index (χ4v) is 2.37. The van der Waals surface area contributed by atoms with Crippen molar-refractivity contribution >= 4 is 21.4 Å². The molecule has 6 nitrogen and oxygen atoms in total. The van der Waals surface area contributed by atoms with E-state index < -0.39 is 15.9 Å². The Morgan fingerprint density at radius 1 is 1.44 bits per heavy atom. The molecular weight excluding hydrogens is 256 g/mol. The van der Waals surface area contributed by atoms with Crippen LogP contribution in [0.3, 0.4) is 0 Å². The molecule has 1 amide bonds. The van der Waals surface area contributed by atoms with Crippen LogP contribution in [-0.4, -0.2) is 40.3 Å². The number of nitrogens with zero attached hydrogens (tertiary/aromatic N) is 1. The highest BCUT2D eigenvalue weighted by molar-refractivity contribution is 7.90. The molecule has 1 aliphatic rings. The molecule has 2 rings (SSSR count). The fraction of sp³-hybridized carbons (Fsp3) is 0.364. The topological polar surface area (TPSA) is 89.7 Å². The molecule has 0 spiro atoms. The van der Waals surface area contributed by atoms with Gasteiger partial charge in [0, 0.05) is 13.3 Å². The lowest BCUT2D eigenvalue weighted by Crippen LogP contribution is -2.43. The van der Waals surface area contributed by atoms with E-state index in [1.54, 1.807) is 7.05 Å². The van der Waals surface area contributed by atoms with Gasteiger partial charge in [-0.3, -0.25) is 4.79 Å². The Morgan fingerprint density at radius 3 is 2.72 bits per heavy atom. The number of benzene rings is 1. The highest BCUT2D eigenvalue weighted by Crippen LogP contribution is 2.32. The summed E-state index contributed by atoms with van der Waals surface area (Å²) in [6.45, 7) is 0.0778. The van der Waals surface area contributed by atoms with Gasteiger partial charge in [0.25, 0.3) is 0 Å². The molecule has 98 valence electrons. The second kappa shape index (κ2) is 4.25. The standard InChI is InChI=1S/C11H14N2O4S/c1-13-9-5-7(18(2,15)16)3-4-10(9)17-6-8(12)11(13)14/h3-5,8H,6,12H2,1-2H3. The molecule has 1 aromatic carbocycles. The Balaban J connectivity index is 2.56. The van der Waals surface area contributed by atoms with Crippen molar-refractivity contribution in [1.29, 1.82) is 0 Å². The summed E-state index contributed by atoms with van der Waals surface area (Å²) in [4.78, 5) is 13.3. The van der Waals surface area contributed by atoms with Crippen LogP contribution in [0.1, 0.15) is 0 Å². The Labute approximate surface area is 105 Å². The number of nitrogens with two attached hydrogens (primary N) is 1. The quantitative estimate of drug-likeness (QED) is 0.761. The summed E-state index contributed by atoms with van der Waals surface area (Å²) in [7, 11) is -1.78. The van der Waals surface area contributed by atoms with Gasteiger partial charge in [-0.15, -0.1) is 0 Å². The smallest absolute Gasteiger partial charge is 0.247 e. The van der Waals surface area contributed by atoms with Crippen molar-refractivity contribution in [3.8, 4) is 5.75 Å². The van der Waals surface area contributed by atoms with Crippen molar-refractivity contribution in [1.82, 2.24) is 0 Å². The maximum Gasteiger partial charge on any atom is 0.247 e. The first kappa shape index (κ1) is 12.8. The first-order chi connectivity index (χ1) is 8.30. The molecule has 18 heavy (non-hydrogen) atoms. The SMILES string of the molecule is CN1C(=O)C(N)COc2ccc(S(C)(=O)=O)cc21. The van der Waals surface area contributed by atoms with Gasteiger partial charge in [0.1, 0.15) is 18.4 Å². The predicted octanol–water partition coefficient (Wildman–Crippen LogP) is -0.227. The second-order valence-electron chi connectivity index (χ2n) is 4.22. The number of carbonyl (C=O) groups is 1. The van der Waals surface area contributed by atoms with Crippen LogP contribution in [0.2, 0.25) is 0 Å². The van der Waals surface area contributed by atoms with Crippen LogP contribution < -0.4 is 15.4 Å². The van der Waals surface area contributed by atoms with Crippen molar-refractivity contribution in [2.75, 3.05) is 24.8 Å². The Hall–Kier alpha value is -1.60. The Morgan fingerprint density at radius 2 is 2.11 bits per heavy atom. The lowest BCUT2D eigenvalue weighted by Gasteiger charge is -2.18. The van der Waals surface area contributed by atoms with E-state index in [0.29, 0.717) is 11.4 Å². The minimum Gasteiger partial charge on any atom is -0.489 e. The van der Waals surface area contributed by atoms with Gasteiger partial charge < -0.3 is 15.4 Å². The Bertz CT molecular complexity index is 597. The van der Waals surface area contributed by atoms with E-state index in [4.69, 9.17) is 10.5 Å². The molecule has 7 heteroatoms. The molecule has 0 aromatic heterocycles. The van der Waals surface area contributed by atoms with Crippen molar-refractivity contribution in [3.05, 3.63) is 18.2 Å². The number of ether oxygens (including phenoxy) is 1. The van der Waals surface area contributed by atoms with Crippen LogP contribution >= 0.6 is 0 Å². The first-order valence-corrected chi connectivity index (χ1v) is 7.20. The van der Waals surface area contributed by atoms with E-state index in [2.05, 4.69) is 0 Å². The summed E-state index contributed by atoms with van der Waals surface area (Å²) < 4.78 is 28.4. The monoisotopic (exact) mass is 270 g/mol. The zero-order chi connectivity index (χ0) is 13.5. The molecule has 0 radical (unpaired) electrons. The predicted molar refractivity (Wildman–Crippen MR) is 66.4 cm³/mol. The molecule has 0 saturated carbocycles. The molecule has 1 aromatic rings. The summed E-state index contributed by atoms with van der Waals surface area (Å²) in [5.41, 5.74) is 6.05. The van der Waals surface area contributed by atoms with Crippen LogP contribution in [0.25, 0.3) is 0 Å². The number of hydrogen-bond donors (Lipinski definition) is 1. The number of rotatable bonds is 1. The molecule has 0 aliphatic carbocycles. The molecule has 0 fully saturated rings. The third kappa shape index (κ3) is 2.19. The van der Waals surface area contributed by atoms with Crippen LogP contribution in [0, 0.1) is 0 Å². The maximum atomic E-state index is 11.8. The van der Waals surface area contributed by atoms with E-state index in [9.17, 15) is 13.2 Å². The van der Waals surface area contributed by atoms with Gasteiger partial charge in [0.15, 0.2) is 9.84 Å². The highest BCUT2D eigenvalue weighted by atomic mass is 32.2. The van der Waals surface area contributed by atoms with Gasteiger partial charge >= 0.3 is 0 Å². The molecule has 1 atom stereocenters. The van der Waals surface area contributed by atoms with Crippen LogP contribution in [0.15, 0.2) is 23.1 Å². The molecule has 1 unspecified atom stereocenters. The average Bonchev–Trinajstić information content (AvgIpc) is 2.41. The van der Waals surface area contributed by atoms with Crippen LogP contribution in [-0.2, 0) is 14.6 Å². The number of fused-ring (bicyclic) bond motifs is 1. The minimum absolute atomic E-state index is 0.0778. The first-order valence-electron chi connectivity index (χ1n) is 5.31. The molecule has 0 saturated heterocycles. The fourth-order valence-electron chi connectivity index (χ4n) is 1.73. The number of amides is 1. The minimum atomic E-state index is -3.33. The van der Waals surface area contributed by atoms with E-state index in [1.165, 1.54) is 23.1 Å². The van der Waals surface area contributed by atoms with Gasteiger partial charge in [0.2, 0.25) is 5.91 Å². The molecular formula is C11H14N2O4S. The lowest BCUT2D eigenvalue weighted by molar-refractivity contribution is -0.119. The Kier molecular flexibility index (Phi) is 3.04. The van der Waals surface area contributed by atoms with Crippen LogP contribution in [0.5, 0.6) is 5.75 Å². The number of likely N-dealkylation sites (N-methyl/N-ethyl adjacent to an activating group) is 1. The summed E-state index contributed by atoms with van der Waals surface area (Å²) in [6, 6.07) is 3.65. The average molecular weight is 270 g/mol. The van der Waals surface area contributed by atoms with Gasteiger partial charge in [-0.25, -0.2) is 8.42 Å². The highest BCUT2D eigenvalue weighted by Gasteiger charge is 2.27.